The Morgan fingerprint density at radius 2 is 1.49 bits per heavy atom. The van der Waals surface area contributed by atoms with E-state index in [9.17, 15) is 4.79 Å². The minimum atomic E-state index is -0.209. The molecule has 0 atom stereocenters. The number of carbonyl (C=O) groups is 1. The predicted molar refractivity (Wildman–Crippen MR) is 147 cm³/mol. The number of carbonyl (C=O) groups excluding carboxylic acids is 1. The van der Waals surface area contributed by atoms with Crippen molar-refractivity contribution >= 4 is 28.8 Å². The van der Waals surface area contributed by atoms with Crippen LogP contribution in [0.1, 0.15) is 30.6 Å². The molecular formula is C27H39N9O. The topological polar surface area (TPSA) is 85.7 Å². The molecule has 0 unspecified atom stereocenters. The van der Waals surface area contributed by atoms with E-state index in [0.717, 1.165) is 102 Å². The van der Waals surface area contributed by atoms with Crippen LogP contribution in [0, 0.1) is 0 Å². The molecule has 0 saturated carbocycles. The Labute approximate surface area is 219 Å². The third-order valence-electron chi connectivity index (χ3n) is 7.61. The Morgan fingerprint density at radius 1 is 0.838 bits per heavy atom. The van der Waals surface area contributed by atoms with E-state index in [-0.39, 0.29) is 5.91 Å². The van der Waals surface area contributed by atoms with Gasteiger partial charge in [0.05, 0.1) is 6.33 Å². The van der Waals surface area contributed by atoms with Crippen molar-refractivity contribution in [2.75, 3.05) is 82.2 Å². The number of fused-ring (bicyclic) bond motifs is 1. The standard InChI is InChI=1S/C27H39N9O/c1-3-32-13-15-34(16-14-32)11-8-12-36-21-28-23-24(35-19-17-33(4-2)18-20-35)29-27(30-25(23)36)31-26(37)22-9-6-5-7-10-22/h5-7,9-10,21H,3-4,8,11-20H2,1-2H3,(H,29,30,31,37). The summed E-state index contributed by atoms with van der Waals surface area (Å²) in [5.41, 5.74) is 2.17. The minimum Gasteiger partial charge on any atom is -0.352 e. The Balaban J connectivity index is 1.35. The molecule has 37 heavy (non-hydrogen) atoms. The number of amides is 1. The second kappa shape index (κ2) is 12.0. The second-order valence-corrected chi connectivity index (χ2v) is 9.85. The number of hydrogen-bond acceptors (Lipinski definition) is 8. The van der Waals surface area contributed by atoms with Crippen LogP contribution in [0.4, 0.5) is 11.8 Å². The maximum absolute atomic E-state index is 12.9. The van der Waals surface area contributed by atoms with Gasteiger partial charge in [0.25, 0.3) is 5.91 Å². The molecule has 4 heterocycles. The van der Waals surface area contributed by atoms with E-state index >= 15 is 0 Å². The monoisotopic (exact) mass is 505 g/mol. The van der Waals surface area contributed by atoms with Gasteiger partial charge in [0, 0.05) is 64.5 Å². The lowest BCUT2D eigenvalue weighted by atomic mass is 10.2. The highest BCUT2D eigenvalue weighted by atomic mass is 16.1. The Hall–Kier alpha value is -3.08. The zero-order valence-electron chi connectivity index (χ0n) is 22.1. The van der Waals surface area contributed by atoms with Gasteiger partial charge in [0.15, 0.2) is 17.0 Å². The summed E-state index contributed by atoms with van der Waals surface area (Å²) < 4.78 is 2.11. The molecule has 3 aromatic rings. The molecule has 198 valence electrons. The summed E-state index contributed by atoms with van der Waals surface area (Å²) in [5, 5.41) is 2.93. The van der Waals surface area contributed by atoms with Crippen molar-refractivity contribution in [3.63, 3.8) is 0 Å². The molecule has 1 N–H and O–H groups in total. The van der Waals surface area contributed by atoms with Gasteiger partial charge in [-0.15, -0.1) is 0 Å². The Morgan fingerprint density at radius 3 is 2.16 bits per heavy atom. The quantitative estimate of drug-likeness (QED) is 0.474. The lowest BCUT2D eigenvalue weighted by Crippen LogP contribution is -2.46. The number of piperazine rings is 2. The molecule has 0 aliphatic carbocycles. The smallest absolute Gasteiger partial charge is 0.258 e. The summed E-state index contributed by atoms with van der Waals surface area (Å²) in [4.78, 5) is 37.0. The number of anilines is 2. The predicted octanol–water partition coefficient (Wildman–Crippen LogP) is 2.25. The molecule has 1 aromatic carbocycles. The molecule has 0 spiro atoms. The number of hydrogen-bond donors (Lipinski definition) is 1. The number of imidazole rings is 1. The minimum absolute atomic E-state index is 0.209. The van der Waals surface area contributed by atoms with Crippen LogP contribution >= 0.6 is 0 Å². The van der Waals surface area contributed by atoms with Crippen LogP contribution in [0.3, 0.4) is 0 Å². The molecule has 1 amide bonds. The molecule has 2 aromatic heterocycles. The summed E-state index contributed by atoms with van der Waals surface area (Å²) in [5.74, 6) is 0.921. The van der Waals surface area contributed by atoms with Crippen molar-refractivity contribution in [1.29, 1.82) is 0 Å². The first-order valence-corrected chi connectivity index (χ1v) is 13.7. The first kappa shape index (κ1) is 25.6. The Kier molecular flexibility index (Phi) is 8.28. The fourth-order valence-corrected chi connectivity index (χ4v) is 5.20. The molecule has 2 saturated heterocycles. The number of aromatic nitrogens is 4. The maximum Gasteiger partial charge on any atom is 0.258 e. The van der Waals surface area contributed by atoms with Gasteiger partial charge < -0.3 is 24.2 Å². The second-order valence-electron chi connectivity index (χ2n) is 9.85. The van der Waals surface area contributed by atoms with E-state index in [0.29, 0.717) is 11.5 Å². The summed E-state index contributed by atoms with van der Waals surface area (Å²) in [6.07, 6.45) is 2.90. The van der Waals surface area contributed by atoms with Crippen LogP contribution in [-0.4, -0.2) is 112 Å². The lowest BCUT2D eigenvalue weighted by molar-refractivity contribution is 0.102. The van der Waals surface area contributed by atoms with Crippen LogP contribution in [0.2, 0.25) is 0 Å². The first-order chi connectivity index (χ1) is 18.1. The molecule has 10 heteroatoms. The van der Waals surface area contributed by atoms with Crippen molar-refractivity contribution < 1.29 is 4.79 Å². The fraction of sp³-hybridized carbons (Fsp3) is 0.556. The number of aryl methyl sites for hydroxylation is 1. The van der Waals surface area contributed by atoms with Gasteiger partial charge in [0.1, 0.15) is 0 Å². The normalized spacial score (nSPS) is 17.9. The highest BCUT2D eigenvalue weighted by molar-refractivity contribution is 6.03. The summed E-state index contributed by atoms with van der Waals surface area (Å²) in [6, 6.07) is 9.20. The van der Waals surface area contributed by atoms with Crippen molar-refractivity contribution in [1.82, 2.24) is 34.2 Å². The van der Waals surface area contributed by atoms with Crippen LogP contribution < -0.4 is 10.2 Å². The fourth-order valence-electron chi connectivity index (χ4n) is 5.20. The van der Waals surface area contributed by atoms with Gasteiger partial charge in [-0.2, -0.15) is 9.97 Å². The highest BCUT2D eigenvalue weighted by Crippen LogP contribution is 2.26. The van der Waals surface area contributed by atoms with Gasteiger partial charge in [-0.25, -0.2) is 4.98 Å². The highest BCUT2D eigenvalue weighted by Gasteiger charge is 2.23. The van der Waals surface area contributed by atoms with Crippen LogP contribution in [0.25, 0.3) is 11.2 Å². The average molecular weight is 506 g/mol. The van der Waals surface area contributed by atoms with E-state index in [4.69, 9.17) is 15.0 Å². The van der Waals surface area contributed by atoms with Gasteiger partial charge in [0.2, 0.25) is 5.95 Å². The summed E-state index contributed by atoms with van der Waals surface area (Å²) in [6.45, 7) is 16.8. The zero-order chi connectivity index (χ0) is 25.6. The number of likely N-dealkylation sites (N-methyl/N-ethyl adjacent to an activating group) is 2. The zero-order valence-corrected chi connectivity index (χ0v) is 22.1. The van der Waals surface area contributed by atoms with Gasteiger partial charge >= 0.3 is 0 Å². The van der Waals surface area contributed by atoms with E-state index in [1.54, 1.807) is 12.1 Å². The largest absolute Gasteiger partial charge is 0.352 e. The summed E-state index contributed by atoms with van der Waals surface area (Å²) in [7, 11) is 0. The van der Waals surface area contributed by atoms with Crippen LogP contribution in [-0.2, 0) is 6.54 Å². The van der Waals surface area contributed by atoms with E-state index < -0.39 is 0 Å². The lowest BCUT2D eigenvalue weighted by Gasteiger charge is -2.34. The molecule has 0 bridgehead atoms. The van der Waals surface area contributed by atoms with E-state index in [1.165, 1.54) is 0 Å². The average Bonchev–Trinajstić information content (AvgIpc) is 3.36. The maximum atomic E-state index is 12.9. The number of nitrogens with zero attached hydrogens (tertiary/aromatic N) is 8. The molecule has 10 nitrogen and oxygen atoms in total. The van der Waals surface area contributed by atoms with Crippen molar-refractivity contribution in [3.8, 4) is 0 Å². The van der Waals surface area contributed by atoms with Gasteiger partial charge in [-0.3, -0.25) is 10.1 Å². The first-order valence-electron chi connectivity index (χ1n) is 13.7. The van der Waals surface area contributed by atoms with Gasteiger partial charge in [-0.1, -0.05) is 32.0 Å². The van der Waals surface area contributed by atoms with Crippen LogP contribution in [0.5, 0.6) is 0 Å². The number of nitrogens with one attached hydrogen (secondary N) is 1. The SMILES string of the molecule is CCN1CCN(CCCn2cnc3c(N4CCN(CC)CC4)nc(NC(=O)c4ccccc4)nc32)CC1. The molecule has 2 aliphatic rings. The molecule has 0 radical (unpaired) electrons. The van der Waals surface area contributed by atoms with Crippen molar-refractivity contribution in [3.05, 3.63) is 42.2 Å². The van der Waals surface area contributed by atoms with Gasteiger partial charge in [-0.05, 0) is 38.2 Å². The number of rotatable bonds is 9. The summed E-state index contributed by atoms with van der Waals surface area (Å²) >= 11 is 0. The van der Waals surface area contributed by atoms with Crippen molar-refractivity contribution in [2.45, 2.75) is 26.8 Å². The van der Waals surface area contributed by atoms with Crippen LogP contribution in [0.15, 0.2) is 36.7 Å². The number of benzene rings is 1. The van der Waals surface area contributed by atoms with E-state index in [2.05, 4.69) is 43.3 Å². The molecular weight excluding hydrogens is 466 g/mol. The third-order valence-corrected chi connectivity index (χ3v) is 7.61. The van der Waals surface area contributed by atoms with Crippen molar-refractivity contribution in [2.24, 2.45) is 0 Å². The third kappa shape index (κ3) is 6.08. The Bertz CT molecular complexity index is 1170. The molecule has 5 rings (SSSR count). The molecule has 2 fully saturated rings. The molecule has 2 aliphatic heterocycles. The van der Waals surface area contributed by atoms with E-state index in [1.807, 2.05) is 24.5 Å².